The van der Waals surface area contributed by atoms with E-state index < -0.39 is 12.1 Å². The second-order valence-corrected chi connectivity index (χ2v) is 3.09. The SMILES string of the molecule is O=C(Cn1cncn1)NCC[C@H](O)C(=O)O. The highest BCUT2D eigenvalue weighted by Gasteiger charge is 2.12. The van der Waals surface area contributed by atoms with E-state index in [-0.39, 0.29) is 25.4 Å². The summed E-state index contributed by atoms with van der Waals surface area (Å²) in [4.78, 5) is 25.1. The number of amides is 1. The van der Waals surface area contributed by atoms with Gasteiger partial charge in [-0.2, -0.15) is 5.10 Å². The average molecular weight is 228 g/mol. The number of aliphatic hydroxyl groups excluding tert-OH is 1. The lowest BCUT2D eigenvalue weighted by atomic mass is 10.2. The molecule has 1 aromatic heterocycles. The summed E-state index contributed by atoms with van der Waals surface area (Å²) in [5, 5.41) is 23.5. The van der Waals surface area contributed by atoms with Crippen molar-refractivity contribution in [3.05, 3.63) is 12.7 Å². The highest BCUT2D eigenvalue weighted by molar-refractivity contribution is 5.75. The number of carbonyl (C=O) groups excluding carboxylic acids is 1. The molecular weight excluding hydrogens is 216 g/mol. The third kappa shape index (κ3) is 4.05. The third-order valence-corrected chi connectivity index (χ3v) is 1.80. The molecule has 16 heavy (non-hydrogen) atoms. The van der Waals surface area contributed by atoms with E-state index in [9.17, 15) is 9.59 Å². The van der Waals surface area contributed by atoms with Gasteiger partial charge in [-0.3, -0.25) is 4.79 Å². The number of hydrogen-bond acceptors (Lipinski definition) is 5. The van der Waals surface area contributed by atoms with Gasteiger partial charge in [0.05, 0.1) is 0 Å². The number of aliphatic carboxylic acids is 1. The molecule has 1 heterocycles. The average Bonchev–Trinajstić information content (AvgIpc) is 2.70. The van der Waals surface area contributed by atoms with Gasteiger partial charge in [-0.1, -0.05) is 0 Å². The lowest BCUT2D eigenvalue weighted by Crippen LogP contribution is -2.32. The zero-order valence-corrected chi connectivity index (χ0v) is 8.41. The van der Waals surface area contributed by atoms with E-state index in [2.05, 4.69) is 15.4 Å². The van der Waals surface area contributed by atoms with Gasteiger partial charge in [0.2, 0.25) is 5.91 Å². The van der Waals surface area contributed by atoms with E-state index in [0.717, 1.165) is 0 Å². The molecule has 1 rings (SSSR count). The predicted octanol–water partition coefficient (Wildman–Crippen LogP) is -1.77. The van der Waals surface area contributed by atoms with Crippen LogP contribution in [-0.4, -0.2) is 49.5 Å². The van der Waals surface area contributed by atoms with E-state index in [1.807, 2.05) is 0 Å². The first-order chi connectivity index (χ1) is 7.59. The molecule has 8 heteroatoms. The largest absolute Gasteiger partial charge is 0.479 e. The van der Waals surface area contributed by atoms with Crippen molar-refractivity contribution >= 4 is 11.9 Å². The fraction of sp³-hybridized carbons (Fsp3) is 0.500. The van der Waals surface area contributed by atoms with E-state index in [1.165, 1.54) is 17.3 Å². The minimum atomic E-state index is -1.45. The first kappa shape index (κ1) is 12.1. The molecule has 0 aliphatic heterocycles. The Hall–Kier alpha value is -1.96. The zero-order valence-electron chi connectivity index (χ0n) is 8.41. The molecule has 0 aliphatic carbocycles. The number of nitrogens with one attached hydrogen (secondary N) is 1. The second kappa shape index (κ2) is 5.81. The van der Waals surface area contributed by atoms with Crippen LogP contribution in [0.15, 0.2) is 12.7 Å². The van der Waals surface area contributed by atoms with E-state index in [1.54, 1.807) is 0 Å². The van der Waals surface area contributed by atoms with Crippen molar-refractivity contribution in [1.29, 1.82) is 0 Å². The highest BCUT2D eigenvalue weighted by Crippen LogP contribution is 1.89. The van der Waals surface area contributed by atoms with Crippen LogP contribution in [0.5, 0.6) is 0 Å². The molecule has 0 saturated carbocycles. The van der Waals surface area contributed by atoms with Crippen LogP contribution in [0, 0.1) is 0 Å². The maximum atomic E-state index is 11.2. The standard InChI is InChI=1S/C8H12N4O4/c13-6(8(15)16)1-2-10-7(14)3-12-5-9-4-11-12/h4-6,13H,1-3H2,(H,10,14)(H,15,16)/t6-/m0/s1. The smallest absolute Gasteiger partial charge is 0.332 e. The fourth-order valence-corrected chi connectivity index (χ4v) is 0.989. The van der Waals surface area contributed by atoms with Crippen molar-refractivity contribution in [3.63, 3.8) is 0 Å². The highest BCUT2D eigenvalue weighted by atomic mass is 16.4. The number of rotatable bonds is 6. The van der Waals surface area contributed by atoms with Gasteiger partial charge in [-0.15, -0.1) is 0 Å². The minimum Gasteiger partial charge on any atom is -0.479 e. The Morgan fingerprint density at radius 3 is 2.81 bits per heavy atom. The van der Waals surface area contributed by atoms with Crippen LogP contribution in [-0.2, 0) is 16.1 Å². The van der Waals surface area contributed by atoms with Crippen LogP contribution in [0.3, 0.4) is 0 Å². The number of nitrogens with zero attached hydrogens (tertiary/aromatic N) is 3. The summed E-state index contributed by atoms with van der Waals surface area (Å²) in [6, 6.07) is 0. The van der Waals surface area contributed by atoms with Crippen LogP contribution in [0.2, 0.25) is 0 Å². The normalized spacial score (nSPS) is 12.1. The fourth-order valence-electron chi connectivity index (χ4n) is 0.989. The molecule has 0 unspecified atom stereocenters. The van der Waals surface area contributed by atoms with Crippen molar-refractivity contribution in [3.8, 4) is 0 Å². The lowest BCUT2D eigenvalue weighted by molar-refractivity contribution is -0.147. The van der Waals surface area contributed by atoms with Crippen molar-refractivity contribution in [2.45, 2.75) is 19.1 Å². The van der Waals surface area contributed by atoms with Crippen molar-refractivity contribution < 1.29 is 19.8 Å². The Morgan fingerprint density at radius 1 is 1.50 bits per heavy atom. The van der Waals surface area contributed by atoms with Crippen LogP contribution in [0.25, 0.3) is 0 Å². The summed E-state index contributed by atoms with van der Waals surface area (Å²) in [7, 11) is 0. The minimum absolute atomic E-state index is 0.0170. The van der Waals surface area contributed by atoms with Crippen LogP contribution in [0.4, 0.5) is 0 Å². The molecule has 0 aromatic carbocycles. The Bertz CT molecular complexity index is 351. The van der Waals surface area contributed by atoms with Gasteiger partial charge in [0, 0.05) is 13.0 Å². The molecule has 1 atom stereocenters. The topological polar surface area (TPSA) is 117 Å². The quantitative estimate of drug-likeness (QED) is 0.530. The van der Waals surface area contributed by atoms with Gasteiger partial charge in [0.1, 0.15) is 19.2 Å². The molecule has 3 N–H and O–H groups in total. The molecule has 1 amide bonds. The first-order valence-corrected chi connectivity index (χ1v) is 4.59. The van der Waals surface area contributed by atoms with Crippen LogP contribution < -0.4 is 5.32 Å². The molecule has 0 bridgehead atoms. The van der Waals surface area contributed by atoms with E-state index >= 15 is 0 Å². The van der Waals surface area contributed by atoms with Crippen LogP contribution >= 0.6 is 0 Å². The molecule has 0 spiro atoms. The third-order valence-electron chi connectivity index (χ3n) is 1.80. The summed E-state index contributed by atoms with van der Waals surface area (Å²) < 4.78 is 1.34. The molecule has 0 fully saturated rings. The summed E-state index contributed by atoms with van der Waals surface area (Å²) in [6.07, 6.45) is 1.22. The summed E-state index contributed by atoms with van der Waals surface area (Å²) in [5.41, 5.74) is 0. The number of aromatic nitrogens is 3. The van der Waals surface area contributed by atoms with Gasteiger partial charge in [0.25, 0.3) is 0 Å². The lowest BCUT2D eigenvalue weighted by Gasteiger charge is -2.07. The zero-order chi connectivity index (χ0) is 12.0. The molecule has 0 radical (unpaired) electrons. The van der Waals surface area contributed by atoms with Crippen LogP contribution in [0.1, 0.15) is 6.42 Å². The van der Waals surface area contributed by atoms with Gasteiger partial charge in [-0.25, -0.2) is 14.5 Å². The number of hydrogen-bond donors (Lipinski definition) is 3. The Morgan fingerprint density at radius 2 is 2.25 bits per heavy atom. The summed E-state index contributed by atoms with van der Waals surface area (Å²) in [5.74, 6) is -1.62. The number of carboxylic acid groups (broad SMARTS) is 1. The summed E-state index contributed by atoms with van der Waals surface area (Å²) in [6.45, 7) is 0.115. The Balaban J connectivity index is 2.18. The van der Waals surface area contributed by atoms with Crippen molar-refractivity contribution in [2.24, 2.45) is 0 Å². The van der Waals surface area contributed by atoms with Gasteiger partial charge >= 0.3 is 5.97 Å². The molecule has 88 valence electrons. The number of carbonyl (C=O) groups is 2. The second-order valence-electron chi connectivity index (χ2n) is 3.09. The number of aliphatic hydroxyl groups is 1. The van der Waals surface area contributed by atoms with Crippen molar-refractivity contribution in [2.75, 3.05) is 6.54 Å². The first-order valence-electron chi connectivity index (χ1n) is 4.59. The van der Waals surface area contributed by atoms with Gasteiger partial charge < -0.3 is 15.5 Å². The predicted molar refractivity (Wildman–Crippen MR) is 51.3 cm³/mol. The molecule has 8 nitrogen and oxygen atoms in total. The molecule has 0 aliphatic rings. The van der Waals surface area contributed by atoms with Gasteiger partial charge in [-0.05, 0) is 0 Å². The van der Waals surface area contributed by atoms with E-state index in [0.29, 0.717) is 0 Å². The molecule has 1 aromatic rings. The Labute approximate surface area is 90.9 Å². The van der Waals surface area contributed by atoms with Gasteiger partial charge in [0.15, 0.2) is 6.10 Å². The maximum absolute atomic E-state index is 11.2. The monoisotopic (exact) mass is 228 g/mol. The number of carboxylic acids is 1. The van der Waals surface area contributed by atoms with E-state index in [4.69, 9.17) is 10.2 Å². The van der Waals surface area contributed by atoms with Crippen molar-refractivity contribution in [1.82, 2.24) is 20.1 Å². The Kier molecular flexibility index (Phi) is 4.40. The molecule has 0 saturated heterocycles. The molecular formula is C8H12N4O4. The summed E-state index contributed by atoms with van der Waals surface area (Å²) >= 11 is 0. The maximum Gasteiger partial charge on any atom is 0.332 e.